The predicted molar refractivity (Wildman–Crippen MR) is 118 cm³/mol. The standard InChI is InChI=1S/C23H20F3N5O3/c1-15(32)28-10-3-11-34-19-7-6-17(22-29-14-20(31-22)23(24,25)26)12-18(19)30-21(33)8-5-16-4-2-9-27-13-16/h2,4,6-7,9,12-14H,3,10-11H2,1H3,(H,28,32)(H,29,31)(H,30,33). The van der Waals surface area contributed by atoms with Crippen molar-refractivity contribution in [1.29, 1.82) is 0 Å². The van der Waals surface area contributed by atoms with E-state index in [0.29, 0.717) is 30.3 Å². The van der Waals surface area contributed by atoms with Crippen LogP contribution >= 0.6 is 0 Å². The highest BCUT2D eigenvalue weighted by Gasteiger charge is 2.33. The first-order chi connectivity index (χ1) is 16.2. The van der Waals surface area contributed by atoms with Gasteiger partial charge in [0.1, 0.15) is 17.3 Å². The number of rotatable bonds is 7. The Morgan fingerprint density at radius 1 is 1.21 bits per heavy atom. The Hall–Kier alpha value is -4.33. The maximum Gasteiger partial charge on any atom is 0.432 e. The smallest absolute Gasteiger partial charge is 0.432 e. The maximum absolute atomic E-state index is 12.9. The summed E-state index contributed by atoms with van der Waals surface area (Å²) < 4.78 is 44.4. The lowest BCUT2D eigenvalue weighted by atomic mass is 10.1. The summed E-state index contributed by atoms with van der Waals surface area (Å²) in [4.78, 5) is 33.3. The molecule has 2 heterocycles. The average molecular weight is 471 g/mol. The van der Waals surface area contributed by atoms with Gasteiger partial charge in [-0.05, 0) is 36.8 Å². The molecule has 0 radical (unpaired) electrons. The zero-order valence-corrected chi connectivity index (χ0v) is 18.0. The molecule has 8 nitrogen and oxygen atoms in total. The molecular weight excluding hydrogens is 451 g/mol. The molecule has 0 saturated heterocycles. The molecule has 11 heteroatoms. The van der Waals surface area contributed by atoms with Crippen LogP contribution in [0.25, 0.3) is 11.4 Å². The number of imidazole rings is 1. The van der Waals surface area contributed by atoms with Crippen molar-refractivity contribution < 1.29 is 27.5 Å². The van der Waals surface area contributed by atoms with Gasteiger partial charge in [0.2, 0.25) is 5.91 Å². The number of anilines is 1. The molecule has 0 saturated carbocycles. The highest BCUT2D eigenvalue weighted by atomic mass is 19.4. The van der Waals surface area contributed by atoms with Crippen LogP contribution < -0.4 is 15.4 Å². The lowest BCUT2D eigenvalue weighted by Gasteiger charge is -2.13. The van der Waals surface area contributed by atoms with Gasteiger partial charge in [0.25, 0.3) is 0 Å². The second-order valence-corrected chi connectivity index (χ2v) is 6.98. The van der Waals surface area contributed by atoms with Crippen molar-refractivity contribution in [2.24, 2.45) is 0 Å². The number of halogens is 3. The van der Waals surface area contributed by atoms with E-state index in [1.165, 1.54) is 31.3 Å². The molecular formula is C23H20F3N5O3. The molecule has 0 unspecified atom stereocenters. The first-order valence-electron chi connectivity index (χ1n) is 10.1. The quantitative estimate of drug-likeness (QED) is 0.362. The number of nitrogens with zero attached hydrogens (tertiary/aromatic N) is 2. The minimum absolute atomic E-state index is 0.0264. The van der Waals surface area contributed by atoms with Crippen molar-refractivity contribution >= 4 is 17.5 Å². The van der Waals surface area contributed by atoms with E-state index in [4.69, 9.17) is 4.74 Å². The van der Waals surface area contributed by atoms with E-state index in [9.17, 15) is 22.8 Å². The molecule has 0 spiro atoms. The Morgan fingerprint density at radius 2 is 2.03 bits per heavy atom. The number of benzene rings is 1. The number of ether oxygens (including phenoxy) is 1. The summed E-state index contributed by atoms with van der Waals surface area (Å²) in [5, 5.41) is 5.24. The lowest BCUT2D eigenvalue weighted by Crippen LogP contribution is -2.22. The molecule has 0 aliphatic heterocycles. The second-order valence-electron chi connectivity index (χ2n) is 6.98. The number of hydrogen-bond acceptors (Lipinski definition) is 5. The van der Waals surface area contributed by atoms with Gasteiger partial charge < -0.3 is 20.4 Å². The van der Waals surface area contributed by atoms with Gasteiger partial charge >= 0.3 is 12.1 Å². The van der Waals surface area contributed by atoms with E-state index in [1.807, 2.05) is 0 Å². The Kier molecular flexibility index (Phi) is 7.87. The minimum Gasteiger partial charge on any atom is -0.491 e. The van der Waals surface area contributed by atoms with Crippen molar-refractivity contribution in [3.63, 3.8) is 0 Å². The Labute approximate surface area is 193 Å². The molecule has 3 N–H and O–H groups in total. The van der Waals surface area contributed by atoms with Gasteiger partial charge in [-0.2, -0.15) is 13.2 Å². The molecule has 176 valence electrons. The van der Waals surface area contributed by atoms with E-state index in [-0.39, 0.29) is 29.8 Å². The molecule has 2 aromatic heterocycles. The van der Waals surface area contributed by atoms with Gasteiger partial charge in [-0.15, -0.1) is 0 Å². The zero-order chi connectivity index (χ0) is 24.6. The van der Waals surface area contributed by atoms with Crippen LogP contribution in [0.2, 0.25) is 0 Å². The highest BCUT2D eigenvalue weighted by molar-refractivity contribution is 6.05. The van der Waals surface area contributed by atoms with E-state index >= 15 is 0 Å². The molecule has 2 amide bonds. The van der Waals surface area contributed by atoms with Crippen LogP contribution in [0.4, 0.5) is 18.9 Å². The van der Waals surface area contributed by atoms with Gasteiger partial charge in [-0.25, -0.2) is 4.98 Å². The van der Waals surface area contributed by atoms with Crippen LogP contribution in [-0.2, 0) is 15.8 Å². The van der Waals surface area contributed by atoms with Crippen LogP contribution in [0.15, 0.2) is 48.9 Å². The molecule has 0 atom stereocenters. The summed E-state index contributed by atoms with van der Waals surface area (Å²) in [6.45, 7) is 2.03. The first kappa shape index (κ1) is 24.3. The number of pyridine rings is 1. The van der Waals surface area contributed by atoms with Crippen molar-refractivity contribution in [2.45, 2.75) is 19.5 Å². The fourth-order valence-corrected chi connectivity index (χ4v) is 2.75. The third kappa shape index (κ3) is 7.09. The molecule has 0 aliphatic carbocycles. The average Bonchev–Trinajstić information content (AvgIpc) is 3.30. The largest absolute Gasteiger partial charge is 0.491 e. The number of alkyl halides is 3. The number of carbonyl (C=O) groups is 2. The fourth-order valence-electron chi connectivity index (χ4n) is 2.75. The van der Waals surface area contributed by atoms with Gasteiger partial charge in [0.15, 0.2) is 0 Å². The summed E-state index contributed by atoms with van der Waals surface area (Å²) in [6, 6.07) is 7.82. The molecule has 0 fully saturated rings. The van der Waals surface area contributed by atoms with Crippen molar-refractivity contribution in [3.8, 4) is 29.0 Å². The molecule has 34 heavy (non-hydrogen) atoms. The van der Waals surface area contributed by atoms with Gasteiger partial charge in [-0.1, -0.05) is 5.92 Å². The SMILES string of the molecule is CC(=O)NCCCOc1ccc(-c2ncc(C(F)(F)F)[nH]2)cc1NC(=O)C#Cc1cccnc1. The molecule has 3 rings (SSSR count). The van der Waals surface area contributed by atoms with Crippen LogP contribution in [0.5, 0.6) is 5.75 Å². The van der Waals surface area contributed by atoms with Crippen molar-refractivity contribution in [1.82, 2.24) is 20.3 Å². The second kappa shape index (κ2) is 11.0. The number of aromatic nitrogens is 3. The fraction of sp³-hybridized carbons (Fsp3) is 0.217. The van der Waals surface area contributed by atoms with Crippen LogP contribution in [0.3, 0.4) is 0 Å². The van der Waals surface area contributed by atoms with Gasteiger partial charge in [0, 0.05) is 42.9 Å². The van der Waals surface area contributed by atoms with E-state index in [2.05, 4.69) is 37.4 Å². The summed E-state index contributed by atoms with van der Waals surface area (Å²) >= 11 is 0. The number of nitrogens with one attached hydrogen (secondary N) is 3. The normalized spacial score (nSPS) is 10.7. The summed E-state index contributed by atoms with van der Waals surface area (Å²) in [5.74, 6) is 4.54. The van der Waals surface area contributed by atoms with Crippen LogP contribution in [0.1, 0.15) is 24.6 Å². The number of amides is 2. The Balaban J connectivity index is 1.80. The van der Waals surface area contributed by atoms with Gasteiger partial charge in [0.05, 0.1) is 18.5 Å². The number of hydrogen-bond donors (Lipinski definition) is 3. The number of H-pyrrole nitrogens is 1. The lowest BCUT2D eigenvalue weighted by molar-refractivity contribution is -0.140. The maximum atomic E-state index is 12.9. The predicted octanol–water partition coefficient (Wildman–Crippen LogP) is 3.39. The highest BCUT2D eigenvalue weighted by Crippen LogP contribution is 2.32. The zero-order valence-electron chi connectivity index (χ0n) is 18.0. The molecule has 0 aliphatic rings. The Morgan fingerprint density at radius 3 is 2.71 bits per heavy atom. The Bertz CT molecular complexity index is 1210. The molecule has 0 bridgehead atoms. The first-order valence-corrected chi connectivity index (χ1v) is 10.1. The van der Waals surface area contributed by atoms with Gasteiger partial charge in [-0.3, -0.25) is 14.6 Å². The molecule has 1 aromatic carbocycles. The molecule has 3 aromatic rings. The van der Waals surface area contributed by atoms with Crippen LogP contribution in [0, 0.1) is 11.8 Å². The summed E-state index contributed by atoms with van der Waals surface area (Å²) in [5.41, 5.74) is 0.0499. The van der Waals surface area contributed by atoms with E-state index in [0.717, 1.165) is 0 Å². The van der Waals surface area contributed by atoms with Crippen molar-refractivity contribution in [3.05, 3.63) is 60.2 Å². The van der Waals surface area contributed by atoms with E-state index in [1.54, 1.807) is 18.3 Å². The minimum atomic E-state index is -4.57. The third-order valence-corrected chi connectivity index (χ3v) is 4.32. The van der Waals surface area contributed by atoms with Crippen molar-refractivity contribution in [2.75, 3.05) is 18.5 Å². The number of carbonyl (C=O) groups excluding carboxylic acids is 2. The topological polar surface area (TPSA) is 109 Å². The summed E-state index contributed by atoms with van der Waals surface area (Å²) in [6.07, 6.45) is -0.298. The van der Waals surface area contributed by atoms with Crippen LogP contribution in [-0.4, -0.2) is 39.9 Å². The number of aromatic amines is 1. The van der Waals surface area contributed by atoms with E-state index < -0.39 is 17.8 Å². The monoisotopic (exact) mass is 471 g/mol. The summed E-state index contributed by atoms with van der Waals surface area (Å²) in [7, 11) is 0. The third-order valence-electron chi connectivity index (χ3n) is 4.32.